The smallest absolute Gasteiger partial charge is 0.119 e. The minimum Gasteiger partial charge on any atom is -0.508 e. The van der Waals surface area contributed by atoms with Crippen molar-refractivity contribution in [2.75, 3.05) is 6.61 Å². The van der Waals surface area contributed by atoms with Gasteiger partial charge in [0.15, 0.2) is 0 Å². The largest absolute Gasteiger partial charge is 0.508 e. The minimum atomic E-state index is -0.419. The van der Waals surface area contributed by atoms with Crippen molar-refractivity contribution in [1.82, 2.24) is 0 Å². The lowest BCUT2D eigenvalue weighted by Gasteiger charge is -2.31. The lowest BCUT2D eigenvalue weighted by Crippen LogP contribution is -2.31. The van der Waals surface area contributed by atoms with Crippen molar-refractivity contribution in [3.63, 3.8) is 0 Å². The molecule has 3 aromatic carbocycles. The van der Waals surface area contributed by atoms with Gasteiger partial charge < -0.3 is 14.9 Å². The van der Waals surface area contributed by atoms with Gasteiger partial charge in [0.05, 0.1) is 5.41 Å². The number of hydrogen-bond acceptors (Lipinski definition) is 3. The number of phenolic OH excluding ortho intramolecular Hbond substituents is 2. The van der Waals surface area contributed by atoms with Crippen LogP contribution in [0.1, 0.15) is 18.1 Å². The van der Waals surface area contributed by atoms with Crippen molar-refractivity contribution in [3.8, 4) is 17.2 Å². The van der Waals surface area contributed by atoms with E-state index in [1.165, 1.54) is 0 Å². The molecule has 3 heteroatoms. The molecule has 0 saturated heterocycles. The maximum atomic E-state index is 9.57. The van der Waals surface area contributed by atoms with Crippen LogP contribution in [0.2, 0.25) is 0 Å². The summed E-state index contributed by atoms with van der Waals surface area (Å²) in [5, 5.41) is 19.1. The third-order valence-corrected chi connectivity index (χ3v) is 4.28. The molecule has 0 amide bonds. The summed E-state index contributed by atoms with van der Waals surface area (Å²) < 4.78 is 6.02. The van der Waals surface area contributed by atoms with Crippen molar-refractivity contribution in [3.05, 3.63) is 90.0 Å². The Hall–Kier alpha value is -2.94. The number of aromatic hydroxyl groups is 2. The molecule has 3 rings (SSSR count). The Labute approximate surface area is 141 Å². The van der Waals surface area contributed by atoms with E-state index in [1.807, 2.05) is 54.6 Å². The topological polar surface area (TPSA) is 49.7 Å². The normalized spacial score (nSPS) is 11.2. The molecule has 0 unspecified atom stereocenters. The van der Waals surface area contributed by atoms with E-state index in [1.54, 1.807) is 24.3 Å². The number of rotatable bonds is 5. The molecule has 0 aliphatic carbocycles. The van der Waals surface area contributed by atoms with Crippen LogP contribution in [0.5, 0.6) is 17.2 Å². The van der Waals surface area contributed by atoms with E-state index < -0.39 is 5.41 Å². The van der Waals surface area contributed by atoms with Crippen LogP contribution < -0.4 is 4.74 Å². The third-order valence-electron chi connectivity index (χ3n) is 4.28. The zero-order valence-electron chi connectivity index (χ0n) is 13.5. The molecule has 2 N–H and O–H groups in total. The molecular formula is C21H20O3. The Morgan fingerprint density at radius 3 is 1.62 bits per heavy atom. The van der Waals surface area contributed by atoms with Crippen LogP contribution in [0.25, 0.3) is 0 Å². The molecule has 0 spiro atoms. The molecular weight excluding hydrogens is 300 g/mol. The van der Waals surface area contributed by atoms with Crippen LogP contribution in [0.4, 0.5) is 0 Å². The van der Waals surface area contributed by atoms with Gasteiger partial charge in [-0.05, 0) is 54.4 Å². The number of benzene rings is 3. The molecule has 3 aromatic rings. The molecule has 0 atom stereocenters. The molecule has 0 fully saturated rings. The number of ether oxygens (including phenoxy) is 1. The first kappa shape index (κ1) is 15.9. The monoisotopic (exact) mass is 320 g/mol. The summed E-state index contributed by atoms with van der Waals surface area (Å²) >= 11 is 0. The van der Waals surface area contributed by atoms with Crippen LogP contribution in [-0.4, -0.2) is 16.8 Å². The molecule has 0 saturated carbocycles. The Kier molecular flexibility index (Phi) is 4.43. The van der Waals surface area contributed by atoms with E-state index >= 15 is 0 Å². The summed E-state index contributed by atoms with van der Waals surface area (Å²) in [7, 11) is 0. The summed E-state index contributed by atoms with van der Waals surface area (Å²) in [5.74, 6) is 1.27. The number of para-hydroxylation sites is 1. The molecule has 0 bridgehead atoms. The van der Waals surface area contributed by atoms with Crippen LogP contribution in [-0.2, 0) is 5.41 Å². The third kappa shape index (κ3) is 3.35. The maximum absolute atomic E-state index is 9.57. The highest BCUT2D eigenvalue weighted by molar-refractivity contribution is 5.42. The first-order valence-electron chi connectivity index (χ1n) is 7.85. The molecule has 0 aliphatic rings. The highest BCUT2D eigenvalue weighted by Crippen LogP contribution is 2.34. The van der Waals surface area contributed by atoms with Crippen molar-refractivity contribution in [1.29, 1.82) is 0 Å². The Balaban J connectivity index is 1.96. The average Bonchev–Trinajstić information content (AvgIpc) is 2.62. The SMILES string of the molecule is CC(COc1ccccc1)(c1ccc(O)cc1)c1ccc(O)cc1. The number of phenols is 2. The fourth-order valence-electron chi connectivity index (χ4n) is 2.74. The minimum absolute atomic E-state index is 0.232. The van der Waals surface area contributed by atoms with Gasteiger partial charge in [-0.25, -0.2) is 0 Å². The second kappa shape index (κ2) is 6.67. The fraction of sp³-hybridized carbons (Fsp3) is 0.143. The summed E-state index contributed by atoms with van der Waals surface area (Å²) in [5.41, 5.74) is 1.64. The molecule has 0 heterocycles. The predicted octanol–water partition coefficient (Wildman–Crippen LogP) is 4.48. The van der Waals surface area contributed by atoms with Gasteiger partial charge in [0.25, 0.3) is 0 Å². The second-order valence-corrected chi connectivity index (χ2v) is 6.03. The van der Waals surface area contributed by atoms with E-state index in [4.69, 9.17) is 4.74 Å². The highest BCUT2D eigenvalue weighted by atomic mass is 16.5. The van der Waals surface area contributed by atoms with Crippen molar-refractivity contribution in [2.24, 2.45) is 0 Å². The predicted molar refractivity (Wildman–Crippen MR) is 94.6 cm³/mol. The zero-order chi connectivity index (χ0) is 17.0. The van der Waals surface area contributed by atoms with Gasteiger partial charge in [0.2, 0.25) is 0 Å². The quantitative estimate of drug-likeness (QED) is 0.728. The maximum Gasteiger partial charge on any atom is 0.119 e. The summed E-state index contributed by atoms with van der Waals surface area (Å²) in [6, 6.07) is 24.0. The van der Waals surface area contributed by atoms with Gasteiger partial charge in [0.1, 0.15) is 23.9 Å². The van der Waals surface area contributed by atoms with Gasteiger partial charge in [-0.1, -0.05) is 42.5 Å². The van der Waals surface area contributed by atoms with E-state index in [0.29, 0.717) is 6.61 Å². The van der Waals surface area contributed by atoms with Crippen LogP contribution in [0, 0.1) is 0 Å². The molecule has 0 aliphatic heterocycles. The molecule has 122 valence electrons. The molecule has 0 radical (unpaired) electrons. The Morgan fingerprint density at radius 1 is 0.708 bits per heavy atom. The molecule has 3 nitrogen and oxygen atoms in total. The van der Waals surface area contributed by atoms with Crippen molar-refractivity contribution >= 4 is 0 Å². The lowest BCUT2D eigenvalue weighted by molar-refractivity contribution is 0.253. The zero-order valence-corrected chi connectivity index (χ0v) is 13.5. The van der Waals surface area contributed by atoms with E-state index in [0.717, 1.165) is 16.9 Å². The summed E-state index contributed by atoms with van der Waals surface area (Å²) in [6.07, 6.45) is 0. The van der Waals surface area contributed by atoms with E-state index in [2.05, 4.69) is 6.92 Å². The first-order valence-corrected chi connectivity index (χ1v) is 7.85. The van der Waals surface area contributed by atoms with E-state index in [9.17, 15) is 10.2 Å². The Morgan fingerprint density at radius 2 is 1.17 bits per heavy atom. The lowest BCUT2D eigenvalue weighted by atomic mass is 9.77. The Bertz CT molecular complexity index is 732. The van der Waals surface area contributed by atoms with Gasteiger partial charge in [-0.3, -0.25) is 0 Å². The van der Waals surface area contributed by atoms with Gasteiger partial charge in [-0.2, -0.15) is 0 Å². The van der Waals surface area contributed by atoms with Crippen molar-refractivity contribution in [2.45, 2.75) is 12.3 Å². The van der Waals surface area contributed by atoms with Crippen LogP contribution in [0.3, 0.4) is 0 Å². The van der Waals surface area contributed by atoms with Crippen molar-refractivity contribution < 1.29 is 14.9 Å². The summed E-state index contributed by atoms with van der Waals surface area (Å²) in [6.45, 7) is 2.53. The summed E-state index contributed by atoms with van der Waals surface area (Å²) in [4.78, 5) is 0. The van der Waals surface area contributed by atoms with Crippen LogP contribution in [0.15, 0.2) is 78.9 Å². The highest BCUT2D eigenvalue weighted by Gasteiger charge is 2.30. The van der Waals surface area contributed by atoms with Crippen LogP contribution >= 0.6 is 0 Å². The average molecular weight is 320 g/mol. The molecule has 0 aromatic heterocycles. The van der Waals surface area contributed by atoms with Gasteiger partial charge in [0, 0.05) is 0 Å². The van der Waals surface area contributed by atoms with E-state index in [-0.39, 0.29) is 11.5 Å². The fourth-order valence-corrected chi connectivity index (χ4v) is 2.74. The second-order valence-electron chi connectivity index (χ2n) is 6.03. The van der Waals surface area contributed by atoms with Gasteiger partial charge in [-0.15, -0.1) is 0 Å². The standard InChI is InChI=1S/C21H20O3/c1-21(16-7-11-18(22)12-8-16,17-9-13-19(23)14-10-17)15-24-20-5-3-2-4-6-20/h2-14,22-23H,15H2,1H3. The first-order chi connectivity index (χ1) is 11.6. The van der Waals surface area contributed by atoms with Gasteiger partial charge >= 0.3 is 0 Å². The number of hydrogen-bond donors (Lipinski definition) is 2. The molecule has 24 heavy (non-hydrogen) atoms.